The number of aromatic nitrogens is 2. The Morgan fingerprint density at radius 1 is 1.19 bits per heavy atom. The van der Waals surface area contributed by atoms with Gasteiger partial charge in [-0.1, -0.05) is 24.3 Å². The Kier molecular flexibility index (Phi) is 5.48. The molecule has 0 saturated heterocycles. The van der Waals surface area contributed by atoms with Crippen molar-refractivity contribution >= 4 is 23.1 Å². The van der Waals surface area contributed by atoms with Gasteiger partial charge in [-0.25, -0.2) is 9.37 Å². The van der Waals surface area contributed by atoms with Gasteiger partial charge in [-0.15, -0.1) is 0 Å². The lowest BCUT2D eigenvalue weighted by molar-refractivity contribution is -0.119. The highest BCUT2D eigenvalue weighted by Gasteiger charge is 2.22. The second-order valence-electron chi connectivity index (χ2n) is 7.32. The van der Waals surface area contributed by atoms with E-state index in [9.17, 15) is 14.4 Å². The van der Waals surface area contributed by atoms with Gasteiger partial charge in [0.25, 0.3) is 5.91 Å². The predicted octanol–water partition coefficient (Wildman–Crippen LogP) is 4.24. The van der Waals surface area contributed by atoms with Crippen LogP contribution in [0.1, 0.15) is 16.7 Å². The molecule has 160 valence electrons. The first-order valence-corrected chi connectivity index (χ1v) is 9.84. The van der Waals surface area contributed by atoms with Crippen LogP contribution in [-0.2, 0) is 4.79 Å². The minimum atomic E-state index is -0.649. The van der Waals surface area contributed by atoms with Gasteiger partial charge in [-0.05, 0) is 49.2 Å². The number of carbonyl (C=O) groups is 1. The van der Waals surface area contributed by atoms with Crippen molar-refractivity contribution in [3.05, 3.63) is 77.2 Å². The van der Waals surface area contributed by atoms with Crippen LogP contribution in [-0.4, -0.2) is 21.9 Å². The Morgan fingerprint density at radius 2 is 1.91 bits per heavy atom. The number of nitrogens with zero attached hydrogens (tertiary/aromatic N) is 3. The molecule has 2 aromatic heterocycles. The van der Waals surface area contributed by atoms with Gasteiger partial charge in [-0.2, -0.15) is 5.26 Å². The number of nitrogens with two attached hydrogens (primary N) is 1. The number of halogens is 1. The van der Waals surface area contributed by atoms with Gasteiger partial charge in [0.15, 0.2) is 6.61 Å². The second kappa shape index (κ2) is 8.40. The summed E-state index contributed by atoms with van der Waals surface area (Å²) in [6.07, 6.45) is 1.32. The smallest absolute Gasteiger partial charge is 0.255 e. The minimum Gasteiger partial charge on any atom is -0.483 e. The first-order chi connectivity index (χ1) is 15.4. The molecule has 0 atom stereocenters. The number of hydrogen-bond acceptors (Lipinski definition) is 5. The molecule has 1 amide bonds. The first kappa shape index (κ1) is 20.9. The van der Waals surface area contributed by atoms with Crippen molar-refractivity contribution in [2.75, 3.05) is 11.9 Å². The molecule has 4 aromatic rings. The van der Waals surface area contributed by atoms with Crippen LogP contribution >= 0.6 is 0 Å². The molecule has 0 bridgehead atoms. The number of fused-ring (bicyclic) bond motifs is 1. The van der Waals surface area contributed by atoms with E-state index < -0.39 is 11.7 Å². The van der Waals surface area contributed by atoms with Crippen LogP contribution in [0.5, 0.6) is 5.75 Å². The van der Waals surface area contributed by atoms with Gasteiger partial charge < -0.3 is 15.8 Å². The lowest BCUT2D eigenvalue weighted by Crippen LogP contribution is -2.20. The second-order valence-corrected chi connectivity index (χ2v) is 7.32. The molecule has 0 aliphatic rings. The molecule has 0 spiro atoms. The van der Waals surface area contributed by atoms with Gasteiger partial charge in [-0.3, -0.25) is 9.20 Å². The summed E-state index contributed by atoms with van der Waals surface area (Å²) in [5.41, 5.74) is 9.59. The quantitative estimate of drug-likeness (QED) is 0.477. The number of amides is 1. The average Bonchev–Trinajstić information content (AvgIpc) is 3.11. The Morgan fingerprint density at radius 3 is 2.59 bits per heavy atom. The fourth-order valence-corrected chi connectivity index (χ4v) is 3.58. The summed E-state index contributed by atoms with van der Waals surface area (Å²) in [6, 6.07) is 15.8. The van der Waals surface area contributed by atoms with Crippen molar-refractivity contribution in [2.24, 2.45) is 5.73 Å². The van der Waals surface area contributed by atoms with Gasteiger partial charge in [0.1, 0.15) is 28.7 Å². The number of benzene rings is 2. The van der Waals surface area contributed by atoms with Gasteiger partial charge in [0.2, 0.25) is 0 Å². The molecule has 7 nitrogen and oxygen atoms in total. The monoisotopic (exact) mass is 429 g/mol. The number of pyridine rings is 1. The summed E-state index contributed by atoms with van der Waals surface area (Å²) in [5.74, 6) is -0.353. The number of hydrogen-bond donors (Lipinski definition) is 2. The van der Waals surface area contributed by atoms with E-state index in [1.807, 2.05) is 32.0 Å². The summed E-state index contributed by atoms with van der Waals surface area (Å²) in [4.78, 5) is 16.0. The highest BCUT2D eigenvalue weighted by atomic mass is 19.1. The minimum absolute atomic E-state index is 0.274. The summed E-state index contributed by atoms with van der Waals surface area (Å²) in [6.45, 7) is 3.57. The Hall–Kier alpha value is -4.38. The molecule has 2 aromatic carbocycles. The summed E-state index contributed by atoms with van der Waals surface area (Å²) in [5, 5.41) is 13.1. The van der Waals surface area contributed by atoms with E-state index in [0.29, 0.717) is 28.3 Å². The van der Waals surface area contributed by atoms with Crippen LogP contribution in [0.25, 0.3) is 16.9 Å². The van der Waals surface area contributed by atoms with Crippen LogP contribution in [0.3, 0.4) is 0 Å². The lowest BCUT2D eigenvalue weighted by atomic mass is 10.0. The highest BCUT2D eigenvalue weighted by molar-refractivity contribution is 5.87. The number of para-hydroxylation sites is 1. The standard InChI is InChI=1S/C24H20FN5O2/c1-14-5-3-6-15(2)22(14)29-24-23(28-20-10-9-17(25)12-30(20)24)21-16(11-26)7-4-8-18(21)32-13-19(27)31/h3-10,12,29H,13H2,1-2H3,(H2,27,31). The van der Waals surface area contributed by atoms with Crippen molar-refractivity contribution < 1.29 is 13.9 Å². The van der Waals surface area contributed by atoms with E-state index in [-0.39, 0.29) is 12.4 Å². The molecular weight excluding hydrogens is 409 g/mol. The van der Waals surface area contributed by atoms with Crippen LogP contribution in [0.15, 0.2) is 54.7 Å². The maximum atomic E-state index is 14.2. The Balaban J connectivity index is 1.99. The SMILES string of the molecule is Cc1cccc(C)c1Nc1c(-c2c(C#N)cccc2OCC(N)=O)nc2ccc(F)cn12. The molecule has 0 aliphatic heterocycles. The fraction of sp³-hybridized carbons (Fsp3) is 0.125. The van der Waals surface area contributed by atoms with Crippen molar-refractivity contribution in [3.8, 4) is 23.1 Å². The molecule has 0 saturated carbocycles. The molecule has 0 radical (unpaired) electrons. The third-order valence-corrected chi connectivity index (χ3v) is 5.06. The number of nitrogens with one attached hydrogen (secondary N) is 1. The van der Waals surface area contributed by atoms with Gasteiger partial charge >= 0.3 is 0 Å². The maximum Gasteiger partial charge on any atom is 0.255 e. The number of rotatable bonds is 6. The normalized spacial score (nSPS) is 10.7. The molecule has 3 N–H and O–H groups in total. The third kappa shape index (κ3) is 3.84. The van der Waals surface area contributed by atoms with E-state index in [0.717, 1.165) is 16.8 Å². The highest BCUT2D eigenvalue weighted by Crippen LogP contribution is 2.39. The van der Waals surface area contributed by atoms with Crippen molar-refractivity contribution in [1.82, 2.24) is 9.38 Å². The zero-order valence-electron chi connectivity index (χ0n) is 17.5. The van der Waals surface area contributed by atoms with Crippen LogP contribution in [0.2, 0.25) is 0 Å². The van der Waals surface area contributed by atoms with Crippen molar-refractivity contribution in [1.29, 1.82) is 5.26 Å². The number of ether oxygens (including phenoxy) is 1. The maximum absolute atomic E-state index is 14.2. The number of carbonyl (C=O) groups excluding carboxylic acids is 1. The van der Waals surface area contributed by atoms with Crippen LogP contribution < -0.4 is 15.8 Å². The molecule has 2 heterocycles. The van der Waals surface area contributed by atoms with Crippen LogP contribution in [0, 0.1) is 31.0 Å². The molecule has 0 aliphatic carbocycles. The fourth-order valence-electron chi connectivity index (χ4n) is 3.58. The average molecular weight is 429 g/mol. The van der Waals surface area contributed by atoms with Crippen LogP contribution in [0.4, 0.5) is 15.9 Å². The summed E-state index contributed by atoms with van der Waals surface area (Å²) >= 11 is 0. The number of primary amides is 1. The molecule has 8 heteroatoms. The Labute approximate surface area is 183 Å². The topological polar surface area (TPSA) is 105 Å². The molecule has 0 unspecified atom stereocenters. The predicted molar refractivity (Wildman–Crippen MR) is 119 cm³/mol. The largest absolute Gasteiger partial charge is 0.483 e. The third-order valence-electron chi connectivity index (χ3n) is 5.06. The lowest BCUT2D eigenvalue weighted by Gasteiger charge is -2.16. The molecule has 0 fully saturated rings. The molecule has 32 heavy (non-hydrogen) atoms. The molecule has 4 rings (SSSR count). The van der Waals surface area contributed by atoms with E-state index in [4.69, 9.17) is 10.5 Å². The summed E-state index contributed by atoms with van der Waals surface area (Å²) in [7, 11) is 0. The number of imidazole rings is 1. The van der Waals surface area contributed by atoms with Gasteiger partial charge in [0.05, 0.1) is 17.2 Å². The first-order valence-electron chi connectivity index (χ1n) is 9.84. The number of aryl methyl sites for hydroxylation is 2. The molecular formula is C24H20FN5O2. The van der Waals surface area contributed by atoms with E-state index in [1.165, 1.54) is 12.3 Å². The zero-order valence-corrected chi connectivity index (χ0v) is 17.5. The van der Waals surface area contributed by atoms with Crippen molar-refractivity contribution in [3.63, 3.8) is 0 Å². The van der Waals surface area contributed by atoms with E-state index >= 15 is 0 Å². The Bertz CT molecular complexity index is 1370. The van der Waals surface area contributed by atoms with Crippen molar-refractivity contribution in [2.45, 2.75) is 13.8 Å². The zero-order chi connectivity index (χ0) is 22.8. The summed E-state index contributed by atoms with van der Waals surface area (Å²) < 4.78 is 21.3. The van der Waals surface area contributed by atoms with E-state index in [1.54, 1.807) is 28.7 Å². The number of anilines is 2. The van der Waals surface area contributed by atoms with E-state index in [2.05, 4.69) is 16.4 Å². The van der Waals surface area contributed by atoms with Gasteiger partial charge in [0, 0.05) is 11.9 Å². The number of nitriles is 1.